The number of nitrogens with one attached hydrogen (secondary N) is 2. The average Bonchev–Trinajstić information content (AvgIpc) is 3.39. The summed E-state index contributed by atoms with van der Waals surface area (Å²) in [6.07, 6.45) is 0.406. The fourth-order valence-corrected chi connectivity index (χ4v) is 5.32. The van der Waals surface area contributed by atoms with Gasteiger partial charge in [-0.25, -0.2) is 14.1 Å². The molecule has 0 aliphatic carbocycles. The molecular formula is C28H23FN4O3. The molecular weight excluding hydrogens is 459 g/mol. The second-order valence-corrected chi connectivity index (χ2v) is 9.15. The number of para-hydroxylation sites is 2. The number of aromatic amines is 1. The monoisotopic (exact) mass is 482 g/mol. The Morgan fingerprint density at radius 1 is 1.03 bits per heavy atom. The van der Waals surface area contributed by atoms with Gasteiger partial charge in [0.2, 0.25) is 0 Å². The highest BCUT2D eigenvalue weighted by atomic mass is 19.1. The molecule has 3 aromatic carbocycles. The number of hydrogen-bond donors (Lipinski definition) is 2. The third kappa shape index (κ3) is 3.37. The van der Waals surface area contributed by atoms with E-state index in [-0.39, 0.29) is 35.6 Å². The maximum atomic E-state index is 13.6. The average molecular weight is 483 g/mol. The van der Waals surface area contributed by atoms with Gasteiger partial charge >= 0.3 is 6.03 Å². The van der Waals surface area contributed by atoms with Gasteiger partial charge in [-0.2, -0.15) is 0 Å². The van der Waals surface area contributed by atoms with E-state index in [0.29, 0.717) is 6.42 Å². The van der Waals surface area contributed by atoms with Crippen LogP contribution in [0.1, 0.15) is 40.1 Å². The van der Waals surface area contributed by atoms with Crippen molar-refractivity contribution in [2.45, 2.75) is 32.0 Å². The number of urea groups is 1. The summed E-state index contributed by atoms with van der Waals surface area (Å²) in [4.78, 5) is 46.5. The van der Waals surface area contributed by atoms with Crippen molar-refractivity contribution in [3.63, 3.8) is 0 Å². The first kappa shape index (κ1) is 22.0. The van der Waals surface area contributed by atoms with Crippen molar-refractivity contribution in [2.24, 2.45) is 0 Å². The van der Waals surface area contributed by atoms with Gasteiger partial charge in [0, 0.05) is 29.6 Å². The number of hydrogen-bond acceptors (Lipinski definition) is 3. The summed E-state index contributed by atoms with van der Waals surface area (Å²) in [5.41, 5.74) is 4.16. The molecule has 8 heteroatoms. The van der Waals surface area contributed by atoms with Crippen molar-refractivity contribution in [2.75, 3.05) is 4.90 Å². The first-order valence-electron chi connectivity index (χ1n) is 11.8. The number of nitrogens with zero attached hydrogens (tertiary/aromatic N) is 2. The molecule has 2 atom stereocenters. The minimum Gasteiger partial charge on any atom is -0.356 e. The van der Waals surface area contributed by atoms with Gasteiger partial charge in [0.15, 0.2) is 0 Å². The molecule has 2 aliphatic rings. The third-order valence-electron chi connectivity index (χ3n) is 7.09. The van der Waals surface area contributed by atoms with Gasteiger partial charge in [0.25, 0.3) is 11.8 Å². The summed E-state index contributed by atoms with van der Waals surface area (Å²) in [6, 6.07) is 18.9. The molecule has 1 unspecified atom stereocenters. The molecule has 1 fully saturated rings. The van der Waals surface area contributed by atoms with Gasteiger partial charge in [-0.3, -0.25) is 9.59 Å². The zero-order chi connectivity index (χ0) is 25.0. The fraction of sp³-hybridized carbons (Fsp3) is 0.179. The van der Waals surface area contributed by atoms with Crippen LogP contribution in [0.3, 0.4) is 0 Å². The molecule has 7 nitrogen and oxygen atoms in total. The smallest absolute Gasteiger partial charge is 0.332 e. The van der Waals surface area contributed by atoms with Gasteiger partial charge in [0.05, 0.1) is 17.3 Å². The van der Waals surface area contributed by atoms with Crippen LogP contribution in [-0.2, 0) is 17.8 Å². The molecule has 4 aromatic rings. The number of fused-ring (bicyclic) bond motifs is 4. The van der Waals surface area contributed by atoms with Crippen molar-refractivity contribution in [3.8, 4) is 0 Å². The maximum Gasteiger partial charge on any atom is 0.332 e. The van der Waals surface area contributed by atoms with E-state index >= 15 is 0 Å². The molecule has 36 heavy (non-hydrogen) atoms. The molecule has 0 spiro atoms. The lowest BCUT2D eigenvalue weighted by atomic mass is 9.93. The Labute approximate surface area is 206 Å². The number of anilines is 1. The Kier molecular flexibility index (Phi) is 5.10. The SMILES string of the molecule is CC1c2[nH]c3ccccc3c2C[C@H]2C(=O)N(c3ccccc3C(=O)NCc3ccc(F)cc3)C(=O)N12. The van der Waals surface area contributed by atoms with E-state index in [1.54, 1.807) is 41.3 Å². The lowest BCUT2D eigenvalue weighted by Gasteiger charge is -2.33. The largest absolute Gasteiger partial charge is 0.356 e. The van der Waals surface area contributed by atoms with Gasteiger partial charge in [-0.15, -0.1) is 0 Å². The van der Waals surface area contributed by atoms with Crippen molar-refractivity contribution >= 4 is 34.4 Å². The minimum atomic E-state index is -0.644. The number of imide groups is 1. The molecule has 1 saturated heterocycles. The van der Waals surface area contributed by atoms with E-state index in [9.17, 15) is 18.8 Å². The Balaban J connectivity index is 1.30. The Morgan fingerprint density at radius 3 is 2.56 bits per heavy atom. The van der Waals surface area contributed by atoms with Gasteiger partial charge in [-0.05, 0) is 48.4 Å². The lowest BCUT2D eigenvalue weighted by Crippen LogP contribution is -2.42. The van der Waals surface area contributed by atoms with E-state index in [2.05, 4.69) is 10.3 Å². The summed E-state index contributed by atoms with van der Waals surface area (Å²) >= 11 is 0. The molecule has 2 aliphatic heterocycles. The molecule has 6 rings (SSSR count). The van der Waals surface area contributed by atoms with Crippen LogP contribution < -0.4 is 10.2 Å². The minimum absolute atomic E-state index is 0.183. The quantitative estimate of drug-likeness (QED) is 0.414. The van der Waals surface area contributed by atoms with Crippen LogP contribution in [0.5, 0.6) is 0 Å². The number of carbonyl (C=O) groups is 3. The zero-order valence-electron chi connectivity index (χ0n) is 19.5. The van der Waals surface area contributed by atoms with Crippen LogP contribution in [-0.4, -0.2) is 33.8 Å². The number of carbonyl (C=O) groups excluding carboxylic acids is 3. The number of amides is 4. The highest BCUT2D eigenvalue weighted by molar-refractivity contribution is 6.24. The van der Waals surface area contributed by atoms with Crippen molar-refractivity contribution in [1.82, 2.24) is 15.2 Å². The standard InChI is InChI=1S/C28H23FN4O3/c1-16-25-21(19-6-2-4-8-22(19)31-25)14-24-27(35)33(28(36)32(16)24)23-9-5-3-7-20(23)26(34)30-15-17-10-12-18(29)13-11-17/h2-13,16,24,31H,14-15H2,1H3,(H,30,34)/t16?,24-/m0/s1. The Bertz CT molecular complexity index is 1530. The second kappa shape index (κ2) is 8.34. The molecule has 2 N–H and O–H groups in total. The molecule has 1 aromatic heterocycles. The lowest BCUT2D eigenvalue weighted by molar-refractivity contribution is -0.120. The van der Waals surface area contributed by atoms with E-state index in [4.69, 9.17) is 0 Å². The summed E-state index contributed by atoms with van der Waals surface area (Å²) in [5, 5.41) is 3.85. The van der Waals surface area contributed by atoms with Crippen LogP contribution in [0, 0.1) is 5.82 Å². The maximum absolute atomic E-state index is 13.6. The first-order chi connectivity index (χ1) is 17.4. The van der Waals surface area contributed by atoms with Crippen molar-refractivity contribution < 1.29 is 18.8 Å². The van der Waals surface area contributed by atoms with Gasteiger partial charge in [-0.1, -0.05) is 42.5 Å². The summed E-state index contributed by atoms with van der Waals surface area (Å²) < 4.78 is 13.2. The number of halogens is 1. The zero-order valence-corrected chi connectivity index (χ0v) is 19.5. The van der Waals surface area contributed by atoms with Crippen LogP contribution in [0.4, 0.5) is 14.9 Å². The number of H-pyrrole nitrogens is 1. The predicted molar refractivity (Wildman–Crippen MR) is 133 cm³/mol. The van der Waals surface area contributed by atoms with Gasteiger partial charge < -0.3 is 15.2 Å². The van der Waals surface area contributed by atoms with E-state index in [1.807, 2.05) is 31.2 Å². The topological polar surface area (TPSA) is 85.5 Å². The predicted octanol–water partition coefficient (Wildman–Crippen LogP) is 4.69. The van der Waals surface area contributed by atoms with E-state index < -0.39 is 18.0 Å². The molecule has 0 saturated carbocycles. The molecule has 180 valence electrons. The molecule has 3 heterocycles. The van der Waals surface area contributed by atoms with Gasteiger partial charge in [0.1, 0.15) is 11.9 Å². The summed E-state index contributed by atoms with van der Waals surface area (Å²) in [7, 11) is 0. The third-order valence-corrected chi connectivity index (χ3v) is 7.09. The first-order valence-corrected chi connectivity index (χ1v) is 11.8. The van der Waals surface area contributed by atoms with Crippen LogP contribution in [0.2, 0.25) is 0 Å². The Morgan fingerprint density at radius 2 is 1.75 bits per heavy atom. The Hall–Kier alpha value is -4.46. The molecule has 0 radical (unpaired) electrons. The van der Waals surface area contributed by atoms with Crippen molar-refractivity contribution in [3.05, 3.63) is 101 Å². The summed E-state index contributed by atoms with van der Waals surface area (Å²) in [5.74, 6) is -1.13. The molecule has 4 amide bonds. The van der Waals surface area contributed by atoms with Crippen LogP contribution >= 0.6 is 0 Å². The van der Waals surface area contributed by atoms with Crippen LogP contribution in [0.25, 0.3) is 10.9 Å². The second-order valence-electron chi connectivity index (χ2n) is 9.15. The number of aromatic nitrogens is 1. The highest BCUT2D eigenvalue weighted by Crippen LogP contribution is 2.42. The van der Waals surface area contributed by atoms with E-state index in [1.165, 1.54) is 12.1 Å². The molecule has 0 bridgehead atoms. The van der Waals surface area contributed by atoms with Crippen molar-refractivity contribution in [1.29, 1.82) is 0 Å². The highest BCUT2D eigenvalue weighted by Gasteiger charge is 2.52. The summed E-state index contributed by atoms with van der Waals surface area (Å²) in [6.45, 7) is 2.10. The number of rotatable bonds is 4. The number of benzene rings is 3. The normalized spacial score (nSPS) is 18.9. The van der Waals surface area contributed by atoms with E-state index in [0.717, 1.165) is 32.6 Å². The fourth-order valence-electron chi connectivity index (χ4n) is 5.32. The van der Waals surface area contributed by atoms with Crippen LogP contribution in [0.15, 0.2) is 72.8 Å².